The van der Waals surface area contributed by atoms with Crippen LogP contribution in [0.3, 0.4) is 0 Å². The van der Waals surface area contributed by atoms with Gasteiger partial charge in [-0.1, -0.05) is 150 Å². The summed E-state index contributed by atoms with van der Waals surface area (Å²) in [5.74, 6) is 22.9. The molecule has 11 aliphatic carbocycles. The standard InChI is InChI=1S/C56H92/c1-34(2)44-32-38-23-15-16-24-41(38)50-43-28-30-48-52(45(43)33-46(44)50)51-42-27-26-40(55(3,4)5)31-39(42)25-29-47(51)56(48)53(36-19-11-7-12-20-36)49(35-17-9-6-10-18-35)54(56)37-21-13-8-14-22-37/h34-54H,6-33H2,1-5H3. The maximum absolute atomic E-state index is 2.68. The number of rotatable bonds is 4. The first kappa shape index (κ1) is 38.9. The van der Waals surface area contributed by atoms with Gasteiger partial charge in [-0.25, -0.2) is 0 Å². The van der Waals surface area contributed by atoms with E-state index in [4.69, 9.17) is 0 Å². The molecule has 0 nitrogen and oxygen atoms in total. The Bertz CT molecular complexity index is 1320. The molecule has 11 saturated carbocycles. The molecule has 0 heteroatoms. The molecular weight excluding hydrogens is 673 g/mol. The van der Waals surface area contributed by atoms with E-state index in [1.807, 2.05) is 0 Å². The van der Waals surface area contributed by atoms with Crippen LogP contribution in [0.2, 0.25) is 0 Å². The fourth-order valence-corrected chi connectivity index (χ4v) is 22.2. The summed E-state index contributed by atoms with van der Waals surface area (Å²) in [5, 5.41) is 0. The average Bonchev–Trinajstić information content (AvgIpc) is 3.76. The van der Waals surface area contributed by atoms with E-state index in [0.717, 1.165) is 130 Å². The van der Waals surface area contributed by atoms with Gasteiger partial charge in [0, 0.05) is 0 Å². The molecule has 0 radical (unpaired) electrons. The zero-order valence-electron chi connectivity index (χ0n) is 37.9. The topological polar surface area (TPSA) is 0 Å². The molecule has 0 amide bonds. The largest absolute Gasteiger partial charge is 0.0625 e. The molecular formula is C56H92. The number of hydrogen-bond acceptors (Lipinski definition) is 0. The van der Waals surface area contributed by atoms with Crippen molar-refractivity contribution in [2.45, 2.75) is 214 Å². The molecule has 11 aliphatic rings. The molecule has 16 atom stereocenters. The van der Waals surface area contributed by atoms with Crippen molar-refractivity contribution >= 4 is 0 Å². The number of fused-ring (bicyclic) bond motifs is 13. The second kappa shape index (κ2) is 15.1. The second-order valence-corrected chi connectivity index (χ2v) is 26.3. The maximum atomic E-state index is 2.68. The SMILES string of the molecule is CC(C)C1CC2CCCCC2C2C1CC1C2CCC2C1C1C3CCC(C(C)(C)C)CC3CCC1C21C(C2CCCCC2)C(C2CCCCC2)C1C1CCCCC1. The molecule has 0 aromatic heterocycles. The van der Waals surface area contributed by atoms with Crippen molar-refractivity contribution < 1.29 is 0 Å². The monoisotopic (exact) mass is 765 g/mol. The predicted octanol–water partition coefficient (Wildman–Crippen LogP) is 16.1. The van der Waals surface area contributed by atoms with Gasteiger partial charge < -0.3 is 0 Å². The summed E-state index contributed by atoms with van der Waals surface area (Å²) in [6, 6.07) is 0. The molecule has 0 aromatic carbocycles. The first-order chi connectivity index (χ1) is 27.3. The first-order valence-electron chi connectivity index (χ1n) is 27.3. The van der Waals surface area contributed by atoms with Gasteiger partial charge in [-0.2, -0.15) is 0 Å². The molecule has 1 spiro atoms. The summed E-state index contributed by atoms with van der Waals surface area (Å²) in [6.45, 7) is 13.2. The van der Waals surface area contributed by atoms with Crippen molar-refractivity contribution in [3.8, 4) is 0 Å². The molecule has 0 heterocycles. The summed E-state index contributed by atoms with van der Waals surface area (Å²) >= 11 is 0. The highest BCUT2D eigenvalue weighted by atomic mass is 14.8. The van der Waals surface area contributed by atoms with E-state index in [-0.39, 0.29) is 0 Å². The third-order valence-corrected chi connectivity index (χ3v) is 23.6. The summed E-state index contributed by atoms with van der Waals surface area (Å²) in [6.07, 6.45) is 45.1. The van der Waals surface area contributed by atoms with Crippen LogP contribution in [-0.2, 0) is 0 Å². The van der Waals surface area contributed by atoms with Gasteiger partial charge in [0.2, 0.25) is 0 Å². The smallest absolute Gasteiger partial charge is 0.0168 e. The summed E-state index contributed by atoms with van der Waals surface area (Å²) < 4.78 is 0. The minimum atomic E-state index is 0.500. The van der Waals surface area contributed by atoms with Gasteiger partial charge >= 0.3 is 0 Å². The van der Waals surface area contributed by atoms with Gasteiger partial charge in [-0.15, -0.1) is 0 Å². The molecule has 0 saturated heterocycles. The van der Waals surface area contributed by atoms with Crippen LogP contribution in [0.25, 0.3) is 0 Å². The van der Waals surface area contributed by atoms with Gasteiger partial charge in [0.15, 0.2) is 0 Å². The van der Waals surface area contributed by atoms with Crippen LogP contribution in [-0.4, -0.2) is 0 Å². The van der Waals surface area contributed by atoms with E-state index in [1.54, 1.807) is 180 Å². The molecule has 11 fully saturated rings. The van der Waals surface area contributed by atoms with Crippen molar-refractivity contribution in [2.75, 3.05) is 0 Å². The fraction of sp³-hybridized carbons (Fsp3) is 1.00. The van der Waals surface area contributed by atoms with Gasteiger partial charge in [-0.3, -0.25) is 0 Å². The lowest BCUT2D eigenvalue weighted by molar-refractivity contribution is -0.261. The molecule has 0 bridgehead atoms. The van der Waals surface area contributed by atoms with E-state index in [2.05, 4.69) is 34.6 Å². The van der Waals surface area contributed by atoms with E-state index >= 15 is 0 Å². The fourth-order valence-electron chi connectivity index (χ4n) is 22.2. The molecule has 16 unspecified atom stereocenters. The van der Waals surface area contributed by atoms with Crippen LogP contribution in [0.4, 0.5) is 0 Å². The van der Waals surface area contributed by atoms with Crippen molar-refractivity contribution in [3.05, 3.63) is 0 Å². The minimum Gasteiger partial charge on any atom is -0.0625 e. The van der Waals surface area contributed by atoms with E-state index in [0.29, 0.717) is 5.41 Å². The Morgan fingerprint density at radius 1 is 0.375 bits per heavy atom. The lowest BCUT2D eigenvalue weighted by Gasteiger charge is -2.73. The molecule has 0 N–H and O–H groups in total. The van der Waals surface area contributed by atoms with Crippen molar-refractivity contribution in [3.63, 3.8) is 0 Å². The summed E-state index contributed by atoms with van der Waals surface area (Å²) in [5.41, 5.74) is 1.25. The maximum Gasteiger partial charge on any atom is -0.0168 e. The molecule has 0 aliphatic heterocycles. The Hall–Kier alpha value is 0. The average molecular weight is 765 g/mol. The Balaban J connectivity index is 1.04. The lowest BCUT2D eigenvalue weighted by Crippen LogP contribution is -2.69. The van der Waals surface area contributed by atoms with E-state index in [1.165, 1.54) is 0 Å². The van der Waals surface area contributed by atoms with Gasteiger partial charge in [0.25, 0.3) is 0 Å². The van der Waals surface area contributed by atoms with Gasteiger partial charge in [0.05, 0.1) is 0 Å². The van der Waals surface area contributed by atoms with Gasteiger partial charge in [0.1, 0.15) is 0 Å². The van der Waals surface area contributed by atoms with Crippen LogP contribution in [0.15, 0.2) is 0 Å². The minimum absolute atomic E-state index is 0.500. The third kappa shape index (κ3) is 5.93. The zero-order valence-corrected chi connectivity index (χ0v) is 37.9. The van der Waals surface area contributed by atoms with Crippen LogP contribution >= 0.6 is 0 Å². The van der Waals surface area contributed by atoms with Crippen LogP contribution in [0, 0.1) is 135 Å². The normalized spacial score (nSPS) is 52.7. The van der Waals surface area contributed by atoms with Crippen LogP contribution in [0.1, 0.15) is 214 Å². The van der Waals surface area contributed by atoms with Crippen LogP contribution in [0.5, 0.6) is 0 Å². The third-order valence-electron chi connectivity index (χ3n) is 23.6. The Kier molecular flexibility index (Phi) is 10.5. The molecule has 0 aromatic rings. The Morgan fingerprint density at radius 2 is 0.875 bits per heavy atom. The van der Waals surface area contributed by atoms with Crippen molar-refractivity contribution in [1.29, 1.82) is 0 Å². The Morgan fingerprint density at radius 3 is 1.50 bits per heavy atom. The first-order valence-corrected chi connectivity index (χ1v) is 27.3. The highest BCUT2D eigenvalue weighted by Gasteiger charge is 2.79. The highest BCUT2D eigenvalue weighted by Crippen LogP contribution is 2.84. The molecule has 56 heavy (non-hydrogen) atoms. The predicted molar refractivity (Wildman–Crippen MR) is 236 cm³/mol. The van der Waals surface area contributed by atoms with Crippen LogP contribution < -0.4 is 0 Å². The summed E-state index contributed by atoms with van der Waals surface area (Å²) in [7, 11) is 0. The Labute approximate surface area is 348 Å². The van der Waals surface area contributed by atoms with Gasteiger partial charge in [-0.05, 0) is 199 Å². The van der Waals surface area contributed by atoms with E-state index in [9.17, 15) is 0 Å². The summed E-state index contributed by atoms with van der Waals surface area (Å²) in [4.78, 5) is 0. The van der Waals surface area contributed by atoms with Crippen molar-refractivity contribution in [1.82, 2.24) is 0 Å². The molecule has 316 valence electrons. The molecule has 11 rings (SSSR count). The second-order valence-electron chi connectivity index (χ2n) is 26.3. The zero-order chi connectivity index (χ0) is 37.9. The number of hydrogen-bond donors (Lipinski definition) is 0. The highest BCUT2D eigenvalue weighted by molar-refractivity contribution is 5.26. The lowest BCUT2D eigenvalue weighted by atomic mass is 9.31. The van der Waals surface area contributed by atoms with Crippen molar-refractivity contribution in [2.24, 2.45) is 135 Å². The quantitative estimate of drug-likeness (QED) is 0.267. The van der Waals surface area contributed by atoms with E-state index < -0.39 is 0 Å².